The molecule has 2 aromatic carbocycles. The number of ether oxygens (including phenoxy) is 1. The maximum atomic E-state index is 13.6. The minimum atomic E-state index is -0.0273. The Hall–Kier alpha value is -3.16. The van der Waals surface area contributed by atoms with Crippen molar-refractivity contribution >= 4 is 43.5 Å². The Morgan fingerprint density at radius 2 is 1.91 bits per heavy atom. The average molecular weight is 460 g/mol. The molecule has 160 valence electrons. The second-order valence-corrected chi connectivity index (χ2v) is 9.49. The lowest BCUT2D eigenvalue weighted by molar-refractivity contribution is 0.414. The summed E-state index contributed by atoms with van der Waals surface area (Å²) in [5.41, 5.74) is 4.15. The maximum Gasteiger partial charge on any atom is 0.272 e. The number of aryl methyl sites for hydroxylation is 1. The first-order chi connectivity index (χ1) is 15.6. The zero-order chi connectivity index (χ0) is 22.1. The van der Waals surface area contributed by atoms with Crippen molar-refractivity contribution in [1.29, 1.82) is 0 Å². The minimum Gasteiger partial charge on any atom is -0.497 e. The van der Waals surface area contributed by atoms with Crippen LogP contribution in [0.5, 0.6) is 5.75 Å². The fraction of sp³-hybridized carbons (Fsp3) is 0.160. The van der Waals surface area contributed by atoms with Crippen LogP contribution in [0.4, 0.5) is 0 Å². The van der Waals surface area contributed by atoms with Crippen LogP contribution in [0, 0.1) is 6.92 Å². The normalized spacial score (nSPS) is 11.3. The van der Waals surface area contributed by atoms with E-state index >= 15 is 0 Å². The van der Waals surface area contributed by atoms with Crippen LogP contribution >= 0.6 is 23.1 Å². The van der Waals surface area contributed by atoms with Crippen molar-refractivity contribution < 1.29 is 4.74 Å². The molecule has 0 aliphatic rings. The Bertz CT molecular complexity index is 1470. The average Bonchev–Trinajstić information content (AvgIpc) is 3.19. The number of thiophene rings is 1. The standard InChI is InChI=1S/C25H21N3O2S2/c1-16-5-3-6-18(13-16)15-31-25-27-21-20-7-4-12-26-23(20)32-22(21)24(29)28(25)14-17-8-10-19(30-2)11-9-17/h3-13H,14-15H2,1-2H3. The third-order valence-electron chi connectivity index (χ3n) is 5.27. The number of thioether (sulfide) groups is 1. The fourth-order valence-electron chi connectivity index (χ4n) is 3.65. The molecule has 0 unspecified atom stereocenters. The molecule has 0 fully saturated rings. The van der Waals surface area contributed by atoms with Gasteiger partial charge in [-0.3, -0.25) is 9.36 Å². The number of pyridine rings is 1. The van der Waals surface area contributed by atoms with Gasteiger partial charge >= 0.3 is 0 Å². The quantitative estimate of drug-likeness (QED) is 0.242. The lowest BCUT2D eigenvalue weighted by atomic mass is 10.2. The molecule has 3 aromatic heterocycles. The van der Waals surface area contributed by atoms with E-state index in [9.17, 15) is 4.79 Å². The molecular formula is C25H21N3O2S2. The van der Waals surface area contributed by atoms with Crippen LogP contribution in [0.25, 0.3) is 20.4 Å². The molecule has 0 N–H and O–H groups in total. The van der Waals surface area contributed by atoms with Crippen LogP contribution < -0.4 is 10.3 Å². The van der Waals surface area contributed by atoms with Gasteiger partial charge in [-0.25, -0.2) is 9.97 Å². The summed E-state index contributed by atoms with van der Waals surface area (Å²) in [6.45, 7) is 2.53. The molecule has 7 heteroatoms. The van der Waals surface area contributed by atoms with E-state index in [4.69, 9.17) is 9.72 Å². The van der Waals surface area contributed by atoms with Gasteiger partial charge in [0.2, 0.25) is 0 Å². The topological polar surface area (TPSA) is 57.0 Å². The van der Waals surface area contributed by atoms with E-state index in [0.717, 1.165) is 32.8 Å². The van der Waals surface area contributed by atoms with Crippen LogP contribution in [0.1, 0.15) is 16.7 Å². The summed E-state index contributed by atoms with van der Waals surface area (Å²) in [5.74, 6) is 1.53. The number of nitrogens with zero attached hydrogens (tertiary/aromatic N) is 3. The number of methoxy groups -OCH3 is 1. The number of fused-ring (bicyclic) bond motifs is 3. The molecule has 3 heterocycles. The lowest BCUT2D eigenvalue weighted by Gasteiger charge is -2.13. The van der Waals surface area contributed by atoms with Crippen molar-refractivity contribution in [2.45, 2.75) is 24.4 Å². The van der Waals surface area contributed by atoms with Crippen molar-refractivity contribution in [3.8, 4) is 5.75 Å². The summed E-state index contributed by atoms with van der Waals surface area (Å²) < 4.78 is 7.69. The summed E-state index contributed by atoms with van der Waals surface area (Å²) >= 11 is 3.00. The molecule has 0 bridgehead atoms. The first-order valence-corrected chi connectivity index (χ1v) is 12.0. The highest BCUT2D eigenvalue weighted by Crippen LogP contribution is 2.31. The van der Waals surface area contributed by atoms with E-state index in [1.165, 1.54) is 22.5 Å². The van der Waals surface area contributed by atoms with Gasteiger partial charge in [0.15, 0.2) is 5.16 Å². The molecule has 0 aliphatic heterocycles. The number of hydrogen-bond acceptors (Lipinski definition) is 6. The number of rotatable bonds is 6. The van der Waals surface area contributed by atoms with E-state index in [1.807, 2.05) is 36.4 Å². The van der Waals surface area contributed by atoms with Crippen molar-refractivity contribution in [3.05, 3.63) is 93.9 Å². The molecule has 0 saturated heterocycles. The number of hydrogen-bond donors (Lipinski definition) is 0. The first-order valence-electron chi connectivity index (χ1n) is 10.2. The van der Waals surface area contributed by atoms with Crippen molar-refractivity contribution in [3.63, 3.8) is 0 Å². The van der Waals surface area contributed by atoms with Crippen LogP contribution in [-0.2, 0) is 12.3 Å². The lowest BCUT2D eigenvalue weighted by Crippen LogP contribution is -2.23. The van der Waals surface area contributed by atoms with Gasteiger partial charge < -0.3 is 4.74 Å². The van der Waals surface area contributed by atoms with E-state index in [0.29, 0.717) is 16.4 Å². The summed E-state index contributed by atoms with van der Waals surface area (Å²) in [7, 11) is 1.65. The molecule has 32 heavy (non-hydrogen) atoms. The molecule has 0 spiro atoms. The highest BCUT2D eigenvalue weighted by atomic mass is 32.2. The largest absolute Gasteiger partial charge is 0.497 e. The highest BCUT2D eigenvalue weighted by Gasteiger charge is 2.17. The van der Waals surface area contributed by atoms with Gasteiger partial charge in [0.05, 0.1) is 19.2 Å². The Morgan fingerprint density at radius 3 is 2.69 bits per heavy atom. The van der Waals surface area contributed by atoms with Crippen LogP contribution in [-0.4, -0.2) is 21.6 Å². The van der Waals surface area contributed by atoms with Gasteiger partial charge in [0.1, 0.15) is 15.3 Å². The minimum absolute atomic E-state index is 0.0273. The van der Waals surface area contributed by atoms with Gasteiger partial charge in [-0.2, -0.15) is 0 Å². The smallest absolute Gasteiger partial charge is 0.272 e. The molecular weight excluding hydrogens is 438 g/mol. The highest BCUT2D eigenvalue weighted by molar-refractivity contribution is 7.98. The molecule has 0 aliphatic carbocycles. The van der Waals surface area contributed by atoms with Crippen LogP contribution in [0.15, 0.2) is 76.8 Å². The van der Waals surface area contributed by atoms with Gasteiger partial charge in [-0.1, -0.05) is 53.7 Å². The zero-order valence-corrected chi connectivity index (χ0v) is 19.4. The predicted octanol–water partition coefficient (Wildman–Crippen LogP) is 5.66. The Kier molecular flexibility index (Phi) is 5.68. The van der Waals surface area contributed by atoms with E-state index in [2.05, 4.69) is 36.2 Å². The maximum absolute atomic E-state index is 13.6. The SMILES string of the molecule is COc1ccc(Cn2c(SCc3cccc(C)c3)nc3c(sc4ncccc43)c2=O)cc1. The van der Waals surface area contributed by atoms with E-state index < -0.39 is 0 Å². The van der Waals surface area contributed by atoms with Crippen molar-refractivity contribution in [2.24, 2.45) is 0 Å². The fourth-order valence-corrected chi connectivity index (χ4v) is 5.62. The summed E-state index contributed by atoms with van der Waals surface area (Å²) in [6, 6.07) is 20.1. The monoisotopic (exact) mass is 459 g/mol. The van der Waals surface area contributed by atoms with E-state index in [1.54, 1.807) is 29.6 Å². The molecule has 5 rings (SSSR count). The summed E-state index contributed by atoms with van der Waals surface area (Å²) in [6.07, 6.45) is 1.75. The second-order valence-electron chi connectivity index (χ2n) is 7.55. The first kappa shape index (κ1) is 20.7. The molecule has 0 saturated carbocycles. The van der Waals surface area contributed by atoms with Crippen LogP contribution in [0.2, 0.25) is 0 Å². The second kappa shape index (κ2) is 8.76. The predicted molar refractivity (Wildman–Crippen MR) is 132 cm³/mol. The van der Waals surface area contributed by atoms with Gasteiger partial charge in [0.25, 0.3) is 5.56 Å². The molecule has 0 amide bonds. The summed E-state index contributed by atoms with van der Waals surface area (Å²) in [5, 5.41) is 1.64. The van der Waals surface area contributed by atoms with Crippen molar-refractivity contribution in [1.82, 2.24) is 14.5 Å². The van der Waals surface area contributed by atoms with Gasteiger partial charge in [-0.15, -0.1) is 11.3 Å². The third kappa shape index (κ3) is 4.01. The molecule has 0 radical (unpaired) electrons. The molecule has 5 aromatic rings. The van der Waals surface area contributed by atoms with Gasteiger partial charge in [-0.05, 0) is 42.3 Å². The van der Waals surface area contributed by atoms with Gasteiger partial charge in [0, 0.05) is 17.3 Å². The Balaban J connectivity index is 1.61. The molecule has 5 nitrogen and oxygen atoms in total. The zero-order valence-electron chi connectivity index (χ0n) is 17.7. The third-order valence-corrected chi connectivity index (χ3v) is 7.41. The molecule has 0 atom stereocenters. The van der Waals surface area contributed by atoms with E-state index in [-0.39, 0.29) is 5.56 Å². The van der Waals surface area contributed by atoms with Crippen LogP contribution in [0.3, 0.4) is 0 Å². The Morgan fingerprint density at radius 1 is 1.06 bits per heavy atom. The number of aromatic nitrogens is 3. The Labute approximate surface area is 193 Å². The number of benzene rings is 2. The summed E-state index contributed by atoms with van der Waals surface area (Å²) in [4.78, 5) is 23.8. The van der Waals surface area contributed by atoms with Crippen molar-refractivity contribution in [2.75, 3.05) is 7.11 Å².